The first-order chi connectivity index (χ1) is 14.0. The van der Waals surface area contributed by atoms with Crippen molar-refractivity contribution in [2.45, 2.75) is 32.9 Å². The molecule has 8 heteroatoms. The summed E-state index contributed by atoms with van der Waals surface area (Å²) >= 11 is 0. The molecule has 1 saturated heterocycles. The predicted octanol–water partition coefficient (Wildman–Crippen LogP) is 1.85. The highest BCUT2D eigenvalue weighted by Gasteiger charge is 2.32. The van der Waals surface area contributed by atoms with Gasteiger partial charge in [-0.25, -0.2) is 14.0 Å². The fraction of sp³-hybridized carbons (Fsp3) is 0.524. The second-order valence-corrected chi connectivity index (χ2v) is 7.32. The lowest BCUT2D eigenvalue weighted by atomic mass is 10.00. The summed E-state index contributed by atoms with van der Waals surface area (Å²) < 4.78 is 19.1. The number of hydrogen-bond donors (Lipinski definition) is 2. The summed E-state index contributed by atoms with van der Waals surface area (Å²) in [6.07, 6.45) is 0.613. The molecular formula is C21H29FN4O3. The SMILES string of the molecule is CCOC(=O)C1=C(CN2CCN(Cc3ccccc3F)CC2)NC(=O)N[C@H]1CC. The van der Waals surface area contributed by atoms with Gasteiger partial charge in [0.25, 0.3) is 0 Å². The van der Waals surface area contributed by atoms with E-state index in [1.54, 1.807) is 13.0 Å². The third-order valence-corrected chi connectivity index (χ3v) is 5.35. The average Bonchev–Trinajstić information content (AvgIpc) is 2.70. The first-order valence-corrected chi connectivity index (χ1v) is 10.2. The fourth-order valence-corrected chi connectivity index (χ4v) is 3.78. The monoisotopic (exact) mass is 404 g/mol. The van der Waals surface area contributed by atoms with Crippen molar-refractivity contribution in [2.75, 3.05) is 39.3 Å². The number of piperazine rings is 1. The summed E-state index contributed by atoms with van der Waals surface area (Å²) in [6.45, 7) is 8.16. The van der Waals surface area contributed by atoms with Gasteiger partial charge in [0.2, 0.25) is 0 Å². The second-order valence-electron chi connectivity index (χ2n) is 7.32. The Bertz CT molecular complexity index is 775. The van der Waals surface area contributed by atoms with Crippen LogP contribution in [0.4, 0.5) is 9.18 Å². The van der Waals surface area contributed by atoms with Gasteiger partial charge in [-0.1, -0.05) is 25.1 Å². The van der Waals surface area contributed by atoms with E-state index in [2.05, 4.69) is 20.4 Å². The van der Waals surface area contributed by atoms with Crippen LogP contribution in [-0.2, 0) is 16.1 Å². The van der Waals surface area contributed by atoms with Crippen LogP contribution in [-0.4, -0.2) is 67.2 Å². The molecule has 29 heavy (non-hydrogen) atoms. The molecule has 7 nitrogen and oxygen atoms in total. The van der Waals surface area contributed by atoms with Crippen LogP contribution in [0.2, 0.25) is 0 Å². The highest BCUT2D eigenvalue weighted by Crippen LogP contribution is 2.19. The zero-order chi connectivity index (χ0) is 20.8. The molecule has 1 aromatic carbocycles. The number of nitrogens with zero attached hydrogens (tertiary/aromatic N) is 2. The third kappa shape index (κ3) is 5.33. The summed E-state index contributed by atoms with van der Waals surface area (Å²) in [4.78, 5) is 28.9. The number of urea groups is 1. The van der Waals surface area contributed by atoms with Crippen LogP contribution in [0.5, 0.6) is 0 Å². The van der Waals surface area contributed by atoms with Gasteiger partial charge in [0.1, 0.15) is 5.82 Å². The molecule has 158 valence electrons. The minimum atomic E-state index is -0.389. The minimum Gasteiger partial charge on any atom is -0.463 e. The maximum absolute atomic E-state index is 13.9. The Hall–Kier alpha value is -2.45. The molecule has 2 aliphatic heterocycles. The van der Waals surface area contributed by atoms with Crippen molar-refractivity contribution in [3.8, 4) is 0 Å². The zero-order valence-corrected chi connectivity index (χ0v) is 17.0. The van der Waals surface area contributed by atoms with Crippen LogP contribution >= 0.6 is 0 Å². The van der Waals surface area contributed by atoms with Gasteiger partial charge >= 0.3 is 12.0 Å². The van der Waals surface area contributed by atoms with Gasteiger partial charge in [-0.2, -0.15) is 0 Å². The average molecular weight is 404 g/mol. The molecular weight excluding hydrogens is 375 g/mol. The van der Waals surface area contributed by atoms with Gasteiger partial charge in [0.15, 0.2) is 0 Å². The number of nitrogens with one attached hydrogen (secondary N) is 2. The van der Waals surface area contributed by atoms with Crippen molar-refractivity contribution in [1.82, 2.24) is 20.4 Å². The van der Waals surface area contributed by atoms with Crippen LogP contribution in [0.3, 0.4) is 0 Å². The molecule has 0 unspecified atom stereocenters. The number of rotatable bonds is 7. The Morgan fingerprint density at radius 1 is 1.14 bits per heavy atom. The van der Waals surface area contributed by atoms with E-state index in [1.165, 1.54) is 6.07 Å². The lowest BCUT2D eigenvalue weighted by Gasteiger charge is -2.37. The first kappa shape index (κ1) is 21.3. The van der Waals surface area contributed by atoms with Crippen molar-refractivity contribution in [3.05, 3.63) is 46.9 Å². The van der Waals surface area contributed by atoms with E-state index in [4.69, 9.17) is 4.74 Å². The van der Waals surface area contributed by atoms with E-state index in [1.807, 2.05) is 19.1 Å². The molecule has 2 aliphatic rings. The number of esters is 1. The topological polar surface area (TPSA) is 73.9 Å². The normalized spacial score (nSPS) is 20.9. The van der Waals surface area contributed by atoms with Gasteiger partial charge in [-0.15, -0.1) is 0 Å². The number of carbonyl (C=O) groups is 2. The Labute approximate surface area is 170 Å². The van der Waals surface area contributed by atoms with Crippen LogP contribution < -0.4 is 10.6 Å². The van der Waals surface area contributed by atoms with Crippen molar-refractivity contribution < 1.29 is 18.7 Å². The molecule has 0 aliphatic carbocycles. The van der Waals surface area contributed by atoms with Crippen LogP contribution in [0, 0.1) is 5.82 Å². The third-order valence-electron chi connectivity index (χ3n) is 5.35. The molecule has 1 fully saturated rings. The van der Waals surface area contributed by atoms with Crippen molar-refractivity contribution >= 4 is 12.0 Å². The van der Waals surface area contributed by atoms with Crippen molar-refractivity contribution in [3.63, 3.8) is 0 Å². The molecule has 2 N–H and O–H groups in total. The van der Waals surface area contributed by atoms with Crippen LogP contribution in [0.25, 0.3) is 0 Å². The van der Waals surface area contributed by atoms with Crippen LogP contribution in [0.1, 0.15) is 25.8 Å². The van der Waals surface area contributed by atoms with E-state index < -0.39 is 0 Å². The highest BCUT2D eigenvalue weighted by atomic mass is 19.1. The Morgan fingerprint density at radius 2 is 1.79 bits per heavy atom. The molecule has 0 radical (unpaired) electrons. The lowest BCUT2D eigenvalue weighted by molar-refractivity contribution is -0.139. The van der Waals surface area contributed by atoms with E-state index >= 15 is 0 Å². The Balaban J connectivity index is 1.64. The molecule has 1 aromatic rings. The number of carbonyl (C=O) groups excluding carboxylic acids is 2. The number of amides is 2. The number of benzene rings is 1. The summed E-state index contributed by atoms with van der Waals surface area (Å²) in [7, 11) is 0. The summed E-state index contributed by atoms with van der Waals surface area (Å²) in [6, 6.07) is 6.20. The Morgan fingerprint density at radius 3 is 2.41 bits per heavy atom. The molecule has 0 aromatic heterocycles. The van der Waals surface area contributed by atoms with Gasteiger partial charge in [0, 0.05) is 50.5 Å². The molecule has 3 rings (SSSR count). The maximum Gasteiger partial charge on any atom is 0.337 e. The second kappa shape index (κ2) is 9.84. The Kier molecular flexibility index (Phi) is 7.22. The molecule has 1 atom stereocenters. The maximum atomic E-state index is 13.9. The highest BCUT2D eigenvalue weighted by molar-refractivity contribution is 5.94. The number of halogens is 1. The standard InChI is InChI=1S/C21H29FN4O3/c1-3-17-19(20(27)29-4-2)18(24-21(28)23-17)14-26-11-9-25(10-12-26)13-15-7-5-6-8-16(15)22/h5-8,17H,3-4,9-14H2,1-2H3,(H2,23,24,28)/t17-/m0/s1. The molecule has 0 saturated carbocycles. The predicted molar refractivity (Wildman–Crippen MR) is 108 cm³/mol. The largest absolute Gasteiger partial charge is 0.463 e. The van der Waals surface area contributed by atoms with Gasteiger partial charge in [-0.3, -0.25) is 9.80 Å². The van der Waals surface area contributed by atoms with E-state index in [0.717, 1.165) is 26.2 Å². The summed E-state index contributed by atoms with van der Waals surface area (Å²) in [5, 5.41) is 5.59. The summed E-state index contributed by atoms with van der Waals surface area (Å²) in [5.74, 6) is -0.567. The van der Waals surface area contributed by atoms with E-state index in [0.29, 0.717) is 36.3 Å². The lowest BCUT2D eigenvalue weighted by Crippen LogP contribution is -2.53. The van der Waals surface area contributed by atoms with E-state index in [-0.39, 0.29) is 30.5 Å². The zero-order valence-electron chi connectivity index (χ0n) is 17.0. The number of hydrogen-bond acceptors (Lipinski definition) is 5. The first-order valence-electron chi connectivity index (χ1n) is 10.2. The molecule has 2 heterocycles. The van der Waals surface area contributed by atoms with Gasteiger partial charge in [-0.05, 0) is 19.4 Å². The smallest absolute Gasteiger partial charge is 0.337 e. The number of ether oxygens (including phenoxy) is 1. The minimum absolute atomic E-state index is 0.179. The summed E-state index contributed by atoms with van der Waals surface area (Å²) in [5.41, 5.74) is 1.81. The molecule has 0 spiro atoms. The van der Waals surface area contributed by atoms with Gasteiger partial charge < -0.3 is 15.4 Å². The fourth-order valence-electron chi connectivity index (χ4n) is 3.78. The van der Waals surface area contributed by atoms with E-state index in [9.17, 15) is 14.0 Å². The van der Waals surface area contributed by atoms with Crippen LogP contribution in [0.15, 0.2) is 35.5 Å². The van der Waals surface area contributed by atoms with Crippen molar-refractivity contribution in [1.29, 1.82) is 0 Å². The quantitative estimate of drug-likeness (QED) is 0.679. The molecule has 2 amide bonds. The van der Waals surface area contributed by atoms with Gasteiger partial charge in [0.05, 0.1) is 18.2 Å². The molecule has 0 bridgehead atoms. The van der Waals surface area contributed by atoms with Crippen molar-refractivity contribution in [2.24, 2.45) is 0 Å².